The number of fused-ring (bicyclic) bond motifs is 1. The quantitative estimate of drug-likeness (QED) is 0.944. The molecule has 1 aromatic carbocycles. The summed E-state index contributed by atoms with van der Waals surface area (Å²) < 4.78 is 16.0. The topological polar surface area (TPSA) is 50.9 Å². The zero-order valence-corrected chi connectivity index (χ0v) is 12.4. The summed E-state index contributed by atoms with van der Waals surface area (Å²) in [5.74, 6) is 0.974. The highest BCUT2D eigenvalue weighted by atomic mass is 19.1. The number of hydrogen-bond donors (Lipinski definition) is 1. The van der Waals surface area contributed by atoms with E-state index in [2.05, 4.69) is 10.1 Å². The van der Waals surface area contributed by atoms with Crippen LogP contribution in [-0.2, 0) is 0 Å². The van der Waals surface area contributed by atoms with E-state index in [0.717, 1.165) is 31.2 Å². The van der Waals surface area contributed by atoms with Gasteiger partial charge in [-0.2, -0.15) is 5.10 Å². The molecule has 1 N–H and O–H groups in total. The van der Waals surface area contributed by atoms with Gasteiger partial charge in [-0.3, -0.25) is 0 Å². The lowest BCUT2D eigenvalue weighted by atomic mass is 10.0. The van der Waals surface area contributed by atoms with Crippen molar-refractivity contribution in [3.8, 4) is 0 Å². The van der Waals surface area contributed by atoms with Gasteiger partial charge in [-0.05, 0) is 24.3 Å². The maximum atomic E-state index is 14.3. The second-order valence-electron chi connectivity index (χ2n) is 6.39. The van der Waals surface area contributed by atoms with Crippen LogP contribution in [0, 0.1) is 5.92 Å². The van der Waals surface area contributed by atoms with Crippen molar-refractivity contribution >= 4 is 0 Å². The fourth-order valence-corrected chi connectivity index (χ4v) is 3.76. The van der Waals surface area contributed by atoms with Crippen molar-refractivity contribution in [1.82, 2.24) is 14.8 Å². The molecular weight excluding hydrogens is 281 g/mol. The zero-order valence-electron chi connectivity index (χ0n) is 12.4. The molecule has 0 spiro atoms. The Kier molecular flexibility index (Phi) is 3.45. The number of nitrogens with zero attached hydrogens (tertiary/aromatic N) is 3. The molecule has 5 heteroatoms. The van der Waals surface area contributed by atoms with E-state index in [1.54, 1.807) is 4.68 Å². The van der Waals surface area contributed by atoms with Gasteiger partial charge in [0.05, 0.1) is 6.04 Å². The van der Waals surface area contributed by atoms with E-state index in [1.165, 1.54) is 0 Å². The molecular formula is C17H20FN3O. The first-order chi connectivity index (χ1) is 10.7. The van der Waals surface area contributed by atoms with Gasteiger partial charge in [-0.25, -0.2) is 14.1 Å². The third kappa shape index (κ3) is 2.24. The molecule has 0 saturated heterocycles. The molecule has 1 aliphatic carbocycles. The third-order valence-corrected chi connectivity index (χ3v) is 4.97. The van der Waals surface area contributed by atoms with Gasteiger partial charge in [0.2, 0.25) is 0 Å². The predicted molar refractivity (Wildman–Crippen MR) is 80.0 cm³/mol. The molecule has 4 rings (SSSR count). The van der Waals surface area contributed by atoms with Gasteiger partial charge < -0.3 is 5.11 Å². The minimum absolute atomic E-state index is 0.122. The number of rotatable bonds is 3. The molecule has 116 valence electrons. The molecule has 2 heterocycles. The lowest BCUT2D eigenvalue weighted by Gasteiger charge is -2.15. The first-order valence-corrected chi connectivity index (χ1v) is 8.07. The highest BCUT2D eigenvalue weighted by molar-refractivity contribution is 5.23. The molecule has 3 atom stereocenters. The molecule has 1 aliphatic heterocycles. The molecule has 1 aromatic heterocycles. The number of aliphatic hydroxyl groups excluding tert-OH is 1. The zero-order chi connectivity index (χ0) is 15.1. The van der Waals surface area contributed by atoms with Crippen LogP contribution in [0.25, 0.3) is 0 Å². The summed E-state index contributed by atoms with van der Waals surface area (Å²) in [6, 6.07) is 9.70. The first kappa shape index (κ1) is 13.9. The summed E-state index contributed by atoms with van der Waals surface area (Å²) >= 11 is 0. The lowest BCUT2D eigenvalue weighted by molar-refractivity contribution is 0.102. The van der Waals surface area contributed by atoms with Crippen molar-refractivity contribution < 1.29 is 9.50 Å². The van der Waals surface area contributed by atoms with Crippen LogP contribution in [0.2, 0.25) is 0 Å². The molecule has 1 unspecified atom stereocenters. The Balaban J connectivity index is 1.65. The Hall–Kier alpha value is -1.75. The summed E-state index contributed by atoms with van der Waals surface area (Å²) in [6.45, 7) is 0. The number of aromatic nitrogens is 3. The number of hydrogen-bond acceptors (Lipinski definition) is 3. The lowest BCUT2D eigenvalue weighted by Crippen LogP contribution is -2.13. The second-order valence-corrected chi connectivity index (χ2v) is 6.39. The van der Waals surface area contributed by atoms with Gasteiger partial charge >= 0.3 is 0 Å². The van der Waals surface area contributed by atoms with E-state index in [9.17, 15) is 9.50 Å². The van der Waals surface area contributed by atoms with Gasteiger partial charge in [0.1, 0.15) is 6.10 Å². The third-order valence-electron chi connectivity index (χ3n) is 4.97. The summed E-state index contributed by atoms with van der Waals surface area (Å²) in [5.41, 5.74) is 1.04. The van der Waals surface area contributed by atoms with Crippen molar-refractivity contribution in [1.29, 1.82) is 0 Å². The van der Waals surface area contributed by atoms with Gasteiger partial charge in [-0.1, -0.05) is 43.2 Å². The Morgan fingerprint density at radius 1 is 1.18 bits per heavy atom. The first-order valence-electron chi connectivity index (χ1n) is 8.07. The smallest absolute Gasteiger partial charge is 0.179 e. The second kappa shape index (κ2) is 5.47. The van der Waals surface area contributed by atoms with Crippen LogP contribution in [0.1, 0.15) is 67.6 Å². The molecule has 0 amide bonds. The average Bonchev–Trinajstić information content (AvgIpc) is 3.25. The molecule has 2 aliphatic rings. The highest BCUT2D eigenvalue weighted by Gasteiger charge is 2.37. The maximum absolute atomic E-state index is 14.3. The van der Waals surface area contributed by atoms with Crippen molar-refractivity contribution in [2.45, 2.75) is 50.4 Å². The van der Waals surface area contributed by atoms with E-state index in [-0.39, 0.29) is 12.0 Å². The van der Waals surface area contributed by atoms with E-state index in [0.29, 0.717) is 18.1 Å². The van der Waals surface area contributed by atoms with Crippen LogP contribution < -0.4 is 0 Å². The SMILES string of the molecule is OC(c1nc2n(n1)[C@H](c1ccccc1)C[C@@H]2F)C1CCCC1. The summed E-state index contributed by atoms with van der Waals surface area (Å²) in [6.07, 6.45) is 2.91. The minimum atomic E-state index is -1.11. The molecule has 4 nitrogen and oxygen atoms in total. The van der Waals surface area contributed by atoms with Crippen molar-refractivity contribution in [3.05, 3.63) is 47.5 Å². The fourth-order valence-electron chi connectivity index (χ4n) is 3.76. The highest BCUT2D eigenvalue weighted by Crippen LogP contribution is 2.41. The molecule has 0 bridgehead atoms. The van der Waals surface area contributed by atoms with Gasteiger partial charge in [0, 0.05) is 6.42 Å². The number of benzene rings is 1. The summed E-state index contributed by atoms with van der Waals surface area (Å²) in [5, 5.41) is 14.9. The van der Waals surface area contributed by atoms with Crippen molar-refractivity contribution in [2.24, 2.45) is 5.92 Å². The predicted octanol–water partition coefficient (Wildman–Crippen LogP) is 3.51. The van der Waals surface area contributed by atoms with Crippen LogP contribution in [0.4, 0.5) is 4.39 Å². The molecule has 1 saturated carbocycles. The van der Waals surface area contributed by atoms with Crippen LogP contribution in [0.3, 0.4) is 0 Å². The van der Waals surface area contributed by atoms with Crippen LogP contribution in [0.5, 0.6) is 0 Å². The van der Waals surface area contributed by atoms with Crippen LogP contribution >= 0.6 is 0 Å². The van der Waals surface area contributed by atoms with Gasteiger partial charge in [-0.15, -0.1) is 0 Å². The van der Waals surface area contributed by atoms with Gasteiger partial charge in [0.25, 0.3) is 0 Å². The van der Waals surface area contributed by atoms with Gasteiger partial charge in [0.15, 0.2) is 17.8 Å². The van der Waals surface area contributed by atoms with Crippen LogP contribution in [-0.4, -0.2) is 19.9 Å². The molecule has 0 radical (unpaired) electrons. The Labute approximate surface area is 129 Å². The molecule has 1 fully saturated rings. The van der Waals surface area contributed by atoms with Crippen LogP contribution in [0.15, 0.2) is 30.3 Å². The molecule has 2 aromatic rings. The number of alkyl halides is 1. The largest absolute Gasteiger partial charge is 0.385 e. The Bertz CT molecular complexity index is 651. The van der Waals surface area contributed by atoms with E-state index >= 15 is 0 Å². The standard InChI is InChI=1S/C17H20FN3O/c18-13-10-14(11-6-2-1-3-7-11)21-17(13)19-16(20-21)15(22)12-8-4-5-9-12/h1-3,6-7,12-15,22H,4-5,8-10H2/t13-,14-,15?/m0/s1. The number of aliphatic hydroxyl groups is 1. The van der Waals surface area contributed by atoms with E-state index in [4.69, 9.17) is 0 Å². The Morgan fingerprint density at radius 2 is 1.91 bits per heavy atom. The van der Waals surface area contributed by atoms with E-state index < -0.39 is 12.3 Å². The fraction of sp³-hybridized carbons (Fsp3) is 0.529. The van der Waals surface area contributed by atoms with E-state index in [1.807, 2.05) is 30.3 Å². The van der Waals surface area contributed by atoms with Crippen molar-refractivity contribution in [3.63, 3.8) is 0 Å². The summed E-state index contributed by atoms with van der Waals surface area (Å²) in [4.78, 5) is 4.32. The monoisotopic (exact) mass is 301 g/mol. The Morgan fingerprint density at radius 3 is 2.64 bits per heavy atom. The molecule has 22 heavy (non-hydrogen) atoms. The number of halogens is 1. The average molecular weight is 301 g/mol. The summed E-state index contributed by atoms with van der Waals surface area (Å²) in [7, 11) is 0. The van der Waals surface area contributed by atoms with Crippen molar-refractivity contribution in [2.75, 3.05) is 0 Å². The normalized spacial score (nSPS) is 26.3. The minimum Gasteiger partial charge on any atom is -0.385 e. The maximum Gasteiger partial charge on any atom is 0.179 e.